The lowest BCUT2D eigenvalue weighted by Crippen LogP contribution is -2.42. The lowest BCUT2D eigenvalue weighted by Gasteiger charge is -2.23. The molecule has 0 saturated carbocycles. The van der Waals surface area contributed by atoms with Gasteiger partial charge in [-0.25, -0.2) is 4.79 Å². The molecule has 5 nitrogen and oxygen atoms in total. The summed E-state index contributed by atoms with van der Waals surface area (Å²) in [5.74, 6) is 0.0201. The average molecular weight is 242 g/mol. The predicted molar refractivity (Wildman–Crippen MR) is 64.4 cm³/mol. The summed E-state index contributed by atoms with van der Waals surface area (Å²) in [6.45, 7) is 3.81. The molecule has 98 valence electrons. The standard InChI is InChI=1S/C12H22N2O3/c1-3-10(12(16)17-2)14-11(15)8-9-4-6-13-7-5-9/h9-10,13H,3-8H2,1-2H3,(H,14,15). The minimum Gasteiger partial charge on any atom is -0.467 e. The van der Waals surface area contributed by atoms with Gasteiger partial charge in [0, 0.05) is 6.42 Å². The molecule has 0 bridgehead atoms. The first-order chi connectivity index (χ1) is 8.17. The van der Waals surface area contributed by atoms with Crippen LogP contribution in [-0.2, 0) is 14.3 Å². The zero-order valence-electron chi connectivity index (χ0n) is 10.6. The van der Waals surface area contributed by atoms with E-state index in [1.54, 1.807) is 0 Å². The largest absolute Gasteiger partial charge is 0.467 e. The van der Waals surface area contributed by atoms with Crippen LogP contribution < -0.4 is 10.6 Å². The molecule has 1 unspecified atom stereocenters. The van der Waals surface area contributed by atoms with E-state index in [0.717, 1.165) is 25.9 Å². The van der Waals surface area contributed by atoms with Crippen LogP contribution in [0.5, 0.6) is 0 Å². The lowest BCUT2D eigenvalue weighted by molar-refractivity contribution is -0.145. The highest BCUT2D eigenvalue weighted by molar-refractivity contribution is 5.84. The third-order valence-electron chi connectivity index (χ3n) is 3.16. The first-order valence-corrected chi connectivity index (χ1v) is 6.25. The summed E-state index contributed by atoms with van der Waals surface area (Å²) >= 11 is 0. The molecule has 1 aliphatic rings. The number of rotatable bonds is 5. The zero-order chi connectivity index (χ0) is 12.7. The van der Waals surface area contributed by atoms with Crippen molar-refractivity contribution in [2.24, 2.45) is 5.92 Å². The lowest BCUT2D eigenvalue weighted by atomic mass is 9.94. The molecule has 1 heterocycles. The number of piperidine rings is 1. The van der Waals surface area contributed by atoms with Crippen molar-refractivity contribution in [1.82, 2.24) is 10.6 Å². The highest BCUT2D eigenvalue weighted by Gasteiger charge is 2.22. The molecular formula is C12H22N2O3. The summed E-state index contributed by atoms with van der Waals surface area (Å²) in [6, 6.07) is -0.505. The SMILES string of the molecule is CCC(NC(=O)CC1CCNCC1)C(=O)OC. The van der Waals surface area contributed by atoms with E-state index in [2.05, 4.69) is 15.4 Å². The van der Waals surface area contributed by atoms with Gasteiger partial charge in [-0.05, 0) is 38.3 Å². The van der Waals surface area contributed by atoms with Crippen LogP contribution in [0.2, 0.25) is 0 Å². The van der Waals surface area contributed by atoms with E-state index in [0.29, 0.717) is 18.8 Å². The summed E-state index contributed by atoms with van der Waals surface area (Å²) in [7, 11) is 1.34. The van der Waals surface area contributed by atoms with Crippen molar-refractivity contribution < 1.29 is 14.3 Å². The summed E-state index contributed by atoms with van der Waals surface area (Å²) in [6.07, 6.45) is 3.13. The van der Waals surface area contributed by atoms with Gasteiger partial charge >= 0.3 is 5.97 Å². The Morgan fingerprint density at radius 2 is 2.06 bits per heavy atom. The van der Waals surface area contributed by atoms with Crippen LogP contribution in [0, 0.1) is 5.92 Å². The second-order valence-corrected chi connectivity index (χ2v) is 4.45. The summed E-state index contributed by atoms with van der Waals surface area (Å²) in [4.78, 5) is 23.1. The van der Waals surface area contributed by atoms with Gasteiger partial charge in [-0.3, -0.25) is 4.79 Å². The molecule has 1 saturated heterocycles. The molecule has 0 aromatic rings. The highest BCUT2D eigenvalue weighted by Crippen LogP contribution is 2.15. The van der Waals surface area contributed by atoms with Gasteiger partial charge in [-0.2, -0.15) is 0 Å². The van der Waals surface area contributed by atoms with E-state index in [1.807, 2.05) is 6.92 Å². The maximum absolute atomic E-state index is 11.8. The molecule has 1 rings (SSSR count). The Morgan fingerprint density at radius 1 is 1.41 bits per heavy atom. The number of amides is 1. The molecule has 2 N–H and O–H groups in total. The topological polar surface area (TPSA) is 67.4 Å². The second-order valence-electron chi connectivity index (χ2n) is 4.45. The fourth-order valence-corrected chi connectivity index (χ4v) is 2.07. The van der Waals surface area contributed by atoms with Crippen molar-refractivity contribution in [3.63, 3.8) is 0 Å². The molecular weight excluding hydrogens is 220 g/mol. The Balaban J connectivity index is 2.33. The smallest absolute Gasteiger partial charge is 0.328 e. The highest BCUT2D eigenvalue weighted by atomic mass is 16.5. The maximum Gasteiger partial charge on any atom is 0.328 e. The van der Waals surface area contributed by atoms with E-state index >= 15 is 0 Å². The third kappa shape index (κ3) is 4.73. The van der Waals surface area contributed by atoms with Crippen LogP contribution in [-0.4, -0.2) is 38.1 Å². The quantitative estimate of drug-likeness (QED) is 0.687. The molecule has 0 spiro atoms. The maximum atomic E-state index is 11.8. The third-order valence-corrected chi connectivity index (χ3v) is 3.16. The summed E-state index contributed by atoms with van der Waals surface area (Å²) in [5.41, 5.74) is 0. The van der Waals surface area contributed by atoms with E-state index in [1.165, 1.54) is 7.11 Å². The van der Waals surface area contributed by atoms with Crippen LogP contribution in [0.25, 0.3) is 0 Å². The van der Waals surface area contributed by atoms with Crippen molar-refractivity contribution in [1.29, 1.82) is 0 Å². The van der Waals surface area contributed by atoms with Gasteiger partial charge in [-0.1, -0.05) is 6.92 Å². The van der Waals surface area contributed by atoms with Crippen molar-refractivity contribution in [3.8, 4) is 0 Å². The second kappa shape index (κ2) is 7.27. The van der Waals surface area contributed by atoms with Gasteiger partial charge in [0.1, 0.15) is 6.04 Å². The molecule has 17 heavy (non-hydrogen) atoms. The number of nitrogens with one attached hydrogen (secondary N) is 2. The minimum absolute atomic E-state index is 0.0471. The van der Waals surface area contributed by atoms with E-state index in [-0.39, 0.29) is 11.9 Å². The van der Waals surface area contributed by atoms with Gasteiger partial charge in [0.2, 0.25) is 5.91 Å². The number of hydrogen-bond acceptors (Lipinski definition) is 4. The summed E-state index contributed by atoms with van der Waals surface area (Å²) < 4.78 is 4.63. The molecule has 1 atom stereocenters. The number of esters is 1. The Bertz CT molecular complexity index is 262. The average Bonchev–Trinajstić information content (AvgIpc) is 2.36. The van der Waals surface area contributed by atoms with Gasteiger partial charge < -0.3 is 15.4 Å². The number of ether oxygens (including phenoxy) is 1. The molecule has 1 aliphatic heterocycles. The molecule has 5 heteroatoms. The molecule has 0 aromatic carbocycles. The van der Waals surface area contributed by atoms with Gasteiger partial charge in [0.05, 0.1) is 7.11 Å². The first-order valence-electron chi connectivity index (χ1n) is 6.25. The minimum atomic E-state index is -0.505. The van der Waals surface area contributed by atoms with Crippen LogP contribution in [0.15, 0.2) is 0 Å². The first kappa shape index (κ1) is 14.0. The number of carbonyl (C=O) groups excluding carboxylic acids is 2. The Labute approximate surface area is 102 Å². The van der Waals surface area contributed by atoms with Crippen molar-refractivity contribution in [2.45, 2.75) is 38.6 Å². The predicted octanol–water partition coefficient (Wildman–Crippen LogP) is 0.444. The molecule has 0 radical (unpaired) electrons. The van der Waals surface area contributed by atoms with Gasteiger partial charge in [0.15, 0.2) is 0 Å². The zero-order valence-corrected chi connectivity index (χ0v) is 10.6. The van der Waals surface area contributed by atoms with Crippen molar-refractivity contribution >= 4 is 11.9 Å². The van der Waals surface area contributed by atoms with Crippen molar-refractivity contribution in [2.75, 3.05) is 20.2 Å². The van der Waals surface area contributed by atoms with E-state index in [9.17, 15) is 9.59 Å². The Morgan fingerprint density at radius 3 is 2.59 bits per heavy atom. The molecule has 1 amide bonds. The van der Waals surface area contributed by atoms with Gasteiger partial charge in [0.25, 0.3) is 0 Å². The van der Waals surface area contributed by atoms with E-state index < -0.39 is 6.04 Å². The number of methoxy groups -OCH3 is 1. The van der Waals surface area contributed by atoms with Crippen molar-refractivity contribution in [3.05, 3.63) is 0 Å². The molecule has 1 fully saturated rings. The molecule has 0 aromatic heterocycles. The monoisotopic (exact) mass is 242 g/mol. The van der Waals surface area contributed by atoms with E-state index in [4.69, 9.17) is 0 Å². The number of carbonyl (C=O) groups is 2. The van der Waals surface area contributed by atoms with Crippen LogP contribution in [0.1, 0.15) is 32.6 Å². The fourth-order valence-electron chi connectivity index (χ4n) is 2.07. The number of hydrogen-bond donors (Lipinski definition) is 2. The van der Waals surface area contributed by atoms with Crippen LogP contribution in [0.4, 0.5) is 0 Å². The van der Waals surface area contributed by atoms with Crippen LogP contribution in [0.3, 0.4) is 0 Å². The normalized spacial score (nSPS) is 18.5. The van der Waals surface area contributed by atoms with Gasteiger partial charge in [-0.15, -0.1) is 0 Å². The van der Waals surface area contributed by atoms with Crippen LogP contribution >= 0.6 is 0 Å². The fraction of sp³-hybridized carbons (Fsp3) is 0.833. The summed E-state index contributed by atoms with van der Waals surface area (Å²) in [5, 5.41) is 5.99. The Hall–Kier alpha value is -1.10. The molecule has 0 aliphatic carbocycles. The Kier molecular flexibility index (Phi) is 5.97.